The van der Waals surface area contributed by atoms with Crippen LogP contribution in [-0.2, 0) is 0 Å². The van der Waals surface area contributed by atoms with Gasteiger partial charge in [-0.2, -0.15) is 0 Å². The summed E-state index contributed by atoms with van der Waals surface area (Å²) in [6, 6.07) is 0. The standard InChI is InChI=1S/C5H11NS2Si/c1-9(2,3)5-4-7-8-6-5/h4,6H,1-3H3. The highest BCUT2D eigenvalue weighted by atomic mass is 33.1. The molecule has 1 nitrogen and oxygen atoms in total. The molecule has 0 aliphatic carbocycles. The number of hydrogen-bond donors (Lipinski definition) is 1. The molecule has 1 N–H and O–H groups in total. The summed E-state index contributed by atoms with van der Waals surface area (Å²) in [4.78, 5) is 0. The lowest BCUT2D eigenvalue weighted by Gasteiger charge is -2.16. The van der Waals surface area contributed by atoms with Gasteiger partial charge in [0.25, 0.3) is 0 Å². The van der Waals surface area contributed by atoms with Gasteiger partial charge in [0.05, 0.1) is 8.07 Å². The maximum atomic E-state index is 3.30. The van der Waals surface area contributed by atoms with Gasteiger partial charge in [0, 0.05) is 16.3 Å². The van der Waals surface area contributed by atoms with Crippen molar-refractivity contribution in [3.05, 3.63) is 10.7 Å². The molecule has 1 heterocycles. The first-order chi connectivity index (χ1) is 4.11. The van der Waals surface area contributed by atoms with Crippen molar-refractivity contribution in [2.45, 2.75) is 19.6 Å². The molecule has 0 saturated carbocycles. The minimum absolute atomic E-state index is 1.02. The average molecular weight is 177 g/mol. The molecule has 0 radical (unpaired) electrons. The average Bonchev–Trinajstić information content (AvgIpc) is 2.08. The van der Waals surface area contributed by atoms with E-state index in [0.717, 1.165) is 0 Å². The molecule has 0 amide bonds. The van der Waals surface area contributed by atoms with Crippen LogP contribution in [0.1, 0.15) is 0 Å². The molecule has 9 heavy (non-hydrogen) atoms. The van der Waals surface area contributed by atoms with E-state index in [1.54, 1.807) is 21.8 Å². The van der Waals surface area contributed by atoms with E-state index in [1.165, 1.54) is 5.32 Å². The normalized spacial score (nSPS) is 19.2. The molecule has 0 saturated heterocycles. The molecular weight excluding hydrogens is 166 g/mol. The predicted molar refractivity (Wildman–Crippen MR) is 49.7 cm³/mol. The summed E-state index contributed by atoms with van der Waals surface area (Å²) >= 11 is 0. The van der Waals surface area contributed by atoms with Crippen molar-refractivity contribution in [1.82, 2.24) is 4.72 Å². The summed E-state index contributed by atoms with van der Waals surface area (Å²) in [5, 5.41) is 3.70. The molecule has 1 aliphatic rings. The zero-order valence-electron chi connectivity index (χ0n) is 5.89. The molecule has 0 atom stereocenters. The molecule has 0 unspecified atom stereocenters. The highest BCUT2D eigenvalue weighted by Crippen LogP contribution is 2.32. The monoisotopic (exact) mass is 177 g/mol. The van der Waals surface area contributed by atoms with E-state index >= 15 is 0 Å². The van der Waals surface area contributed by atoms with Crippen LogP contribution in [0.15, 0.2) is 10.7 Å². The van der Waals surface area contributed by atoms with Gasteiger partial charge in [-0.15, -0.1) is 0 Å². The second kappa shape index (κ2) is 2.60. The summed E-state index contributed by atoms with van der Waals surface area (Å²) in [5.74, 6) is 0. The van der Waals surface area contributed by atoms with Gasteiger partial charge in [-0.1, -0.05) is 19.6 Å². The van der Waals surface area contributed by atoms with Crippen LogP contribution in [0, 0.1) is 0 Å². The third-order valence-corrected chi connectivity index (χ3v) is 5.01. The minimum atomic E-state index is -1.02. The van der Waals surface area contributed by atoms with Crippen LogP contribution in [0.3, 0.4) is 0 Å². The maximum Gasteiger partial charge on any atom is 0.0996 e. The Morgan fingerprint density at radius 1 is 1.44 bits per heavy atom. The fourth-order valence-corrected chi connectivity index (χ4v) is 5.26. The maximum absolute atomic E-state index is 3.30. The van der Waals surface area contributed by atoms with Crippen molar-refractivity contribution >= 4 is 29.8 Å². The molecule has 0 aromatic carbocycles. The first-order valence-electron chi connectivity index (χ1n) is 2.90. The summed E-state index contributed by atoms with van der Waals surface area (Å²) in [6.45, 7) is 7.04. The van der Waals surface area contributed by atoms with Gasteiger partial charge >= 0.3 is 0 Å². The highest BCUT2D eigenvalue weighted by molar-refractivity contribution is 8.77. The lowest BCUT2D eigenvalue weighted by Crippen LogP contribution is -2.28. The Bertz CT molecular complexity index is 138. The molecule has 0 spiro atoms. The Kier molecular flexibility index (Phi) is 2.18. The number of hydrogen-bond acceptors (Lipinski definition) is 3. The van der Waals surface area contributed by atoms with Crippen LogP contribution < -0.4 is 4.72 Å². The van der Waals surface area contributed by atoms with E-state index < -0.39 is 8.07 Å². The van der Waals surface area contributed by atoms with Gasteiger partial charge in [-0.3, -0.25) is 0 Å². The van der Waals surface area contributed by atoms with Crippen LogP contribution in [0.5, 0.6) is 0 Å². The van der Waals surface area contributed by atoms with Crippen molar-refractivity contribution in [2.24, 2.45) is 0 Å². The van der Waals surface area contributed by atoms with Gasteiger partial charge in [0.15, 0.2) is 0 Å². The van der Waals surface area contributed by atoms with Gasteiger partial charge < -0.3 is 4.72 Å². The van der Waals surface area contributed by atoms with Gasteiger partial charge in [0.1, 0.15) is 0 Å². The van der Waals surface area contributed by atoms with E-state index in [-0.39, 0.29) is 0 Å². The second-order valence-electron chi connectivity index (χ2n) is 3.06. The number of nitrogens with one attached hydrogen (secondary N) is 1. The van der Waals surface area contributed by atoms with Crippen molar-refractivity contribution < 1.29 is 0 Å². The van der Waals surface area contributed by atoms with Gasteiger partial charge in [-0.05, 0) is 16.2 Å². The van der Waals surface area contributed by atoms with Crippen LogP contribution >= 0.6 is 21.8 Å². The molecule has 1 aliphatic heterocycles. The fraction of sp³-hybridized carbons (Fsp3) is 0.600. The lowest BCUT2D eigenvalue weighted by molar-refractivity contribution is 1.34. The van der Waals surface area contributed by atoms with Crippen LogP contribution in [0.2, 0.25) is 19.6 Å². The summed E-state index contributed by atoms with van der Waals surface area (Å²) in [5.41, 5.74) is 0. The predicted octanol–water partition coefficient (Wildman–Crippen LogP) is 2.60. The Morgan fingerprint density at radius 2 is 2.11 bits per heavy atom. The molecular formula is C5H11NS2Si. The molecule has 52 valence electrons. The smallest absolute Gasteiger partial charge is 0.0996 e. The Morgan fingerprint density at radius 3 is 2.33 bits per heavy atom. The lowest BCUT2D eigenvalue weighted by atomic mass is 11.0. The van der Waals surface area contributed by atoms with Crippen molar-refractivity contribution in [3.63, 3.8) is 0 Å². The first kappa shape index (κ1) is 7.56. The highest BCUT2D eigenvalue weighted by Gasteiger charge is 2.22. The largest absolute Gasteiger partial charge is 0.328 e. The first-order valence-corrected chi connectivity index (χ1v) is 8.61. The fourth-order valence-electron chi connectivity index (χ4n) is 0.495. The van der Waals surface area contributed by atoms with Crippen LogP contribution in [0.25, 0.3) is 0 Å². The van der Waals surface area contributed by atoms with E-state index in [4.69, 9.17) is 0 Å². The molecule has 4 heteroatoms. The summed E-state index contributed by atoms with van der Waals surface area (Å²) in [6.07, 6.45) is 0. The van der Waals surface area contributed by atoms with Crippen LogP contribution in [0.4, 0.5) is 0 Å². The van der Waals surface area contributed by atoms with Crippen LogP contribution in [-0.4, -0.2) is 8.07 Å². The minimum Gasteiger partial charge on any atom is -0.328 e. The summed E-state index contributed by atoms with van der Waals surface area (Å²) in [7, 11) is 2.49. The van der Waals surface area contributed by atoms with E-state index in [2.05, 4.69) is 29.8 Å². The SMILES string of the molecule is C[Si](C)(C)C1=CSSN1. The molecule has 0 aromatic heterocycles. The Balaban J connectivity index is 2.61. The van der Waals surface area contributed by atoms with Crippen molar-refractivity contribution in [1.29, 1.82) is 0 Å². The molecule has 1 rings (SSSR count). The Hall–Kier alpha value is 0.457. The quantitative estimate of drug-likeness (QED) is 0.376. The third kappa shape index (κ3) is 1.95. The molecule has 0 aromatic rings. The van der Waals surface area contributed by atoms with Crippen molar-refractivity contribution in [3.8, 4) is 0 Å². The molecule has 0 bridgehead atoms. The second-order valence-corrected chi connectivity index (χ2v) is 9.98. The van der Waals surface area contributed by atoms with E-state index in [1.807, 2.05) is 0 Å². The van der Waals surface area contributed by atoms with E-state index in [0.29, 0.717) is 0 Å². The van der Waals surface area contributed by atoms with Gasteiger partial charge in [0.2, 0.25) is 0 Å². The van der Waals surface area contributed by atoms with Crippen molar-refractivity contribution in [2.75, 3.05) is 0 Å². The zero-order valence-corrected chi connectivity index (χ0v) is 8.53. The molecule has 0 fully saturated rings. The van der Waals surface area contributed by atoms with Gasteiger partial charge in [-0.25, -0.2) is 0 Å². The Labute approximate surface area is 65.2 Å². The number of rotatable bonds is 1. The zero-order chi connectivity index (χ0) is 6.91. The third-order valence-electron chi connectivity index (χ3n) is 1.17. The van der Waals surface area contributed by atoms with E-state index in [9.17, 15) is 0 Å². The topological polar surface area (TPSA) is 12.0 Å². The summed E-state index contributed by atoms with van der Waals surface area (Å²) < 4.78 is 3.30.